The Balaban J connectivity index is 1.27. The van der Waals surface area contributed by atoms with E-state index in [1.54, 1.807) is 12.0 Å². The molecule has 2 N–H and O–H groups in total. The van der Waals surface area contributed by atoms with Crippen molar-refractivity contribution >= 4 is 17.6 Å². The van der Waals surface area contributed by atoms with Crippen molar-refractivity contribution in [3.05, 3.63) is 54.1 Å². The molecule has 0 aliphatic carbocycles. The second-order valence-corrected chi connectivity index (χ2v) is 8.73. The number of para-hydroxylation sites is 1. The lowest BCUT2D eigenvalue weighted by molar-refractivity contribution is -0.126. The van der Waals surface area contributed by atoms with Crippen LogP contribution in [0, 0.1) is 5.92 Å². The lowest BCUT2D eigenvalue weighted by atomic mass is 9.97. The average Bonchev–Trinajstić information content (AvgIpc) is 3.40. The average molecular weight is 468 g/mol. The minimum absolute atomic E-state index is 0.0464. The lowest BCUT2D eigenvalue weighted by Gasteiger charge is -2.32. The first-order chi connectivity index (χ1) is 16.6. The van der Waals surface area contributed by atoms with Gasteiger partial charge in [0.05, 0.1) is 19.1 Å². The fourth-order valence-corrected chi connectivity index (χ4v) is 4.33. The van der Waals surface area contributed by atoms with Crippen LogP contribution in [0.3, 0.4) is 0 Å². The Labute approximate surface area is 200 Å². The fourth-order valence-electron chi connectivity index (χ4n) is 4.33. The second kappa shape index (κ2) is 11.7. The van der Waals surface area contributed by atoms with Crippen LogP contribution >= 0.6 is 0 Å². The molecule has 8 heteroatoms. The van der Waals surface area contributed by atoms with E-state index in [9.17, 15) is 9.59 Å². The van der Waals surface area contributed by atoms with Crippen LogP contribution in [0.5, 0.6) is 11.5 Å². The summed E-state index contributed by atoms with van der Waals surface area (Å²) in [6.07, 6.45) is 3.78. The first-order valence-electron chi connectivity index (χ1n) is 11.9. The number of methoxy groups -OCH3 is 1. The zero-order valence-electron chi connectivity index (χ0n) is 19.6. The number of rotatable bonds is 8. The molecule has 0 radical (unpaired) electrons. The van der Waals surface area contributed by atoms with Crippen molar-refractivity contribution in [1.29, 1.82) is 0 Å². The highest BCUT2D eigenvalue weighted by Crippen LogP contribution is 2.29. The van der Waals surface area contributed by atoms with Crippen LogP contribution in [-0.4, -0.2) is 56.4 Å². The van der Waals surface area contributed by atoms with Gasteiger partial charge in [0, 0.05) is 31.9 Å². The van der Waals surface area contributed by atoms with E-state index >= 15 is 0 Å². The third-order valence-electron chi connectivity index (χ3n) is 6.25. The van der Waals surface area contributed by atoms with E-state index < -0.39 is 0 Å². The van der Waals surface area contributed by atoms with Crippen LogP contribution in [0.1, 0.15) is 31.2 Å². The van der Waals surface area contributed by atoms with Gasteiger partial charge in [0.1, 0.15) is 6.61 Å². The van der Waals surface area contributed by atoms with Crippen LogP contribution in [0.25, 0.3) is 0 Å². The zero-order chi connectivity index (χ0) is 23.8. The highest BCUT2D eigenvalue weighted by molar-refractivity contribution is 5.90. The molecule has 4 rings (SSSR count). The molecular weight excluding hydrogens is 434 g/mol. The summed E-state index contributed by atoms with van der Waals surface area (Å²) in [5, 5.41) is 5.91. The number of anilines is 1. The Bertz CT molecular complexity index is 962. The highest BCUT2D eigenvalue weighted by atomic mass is 16.5. The summed E-state index contributed by atoms with van der Waals surface area (Å²) in [5.41, 5.74) is 1.67. The molecule has 2 unspecified atom stereocenters. The number of likely N-dealkylation sites (tertiary alicyclic amines) is 1. The minimum Gasteiger partial charge on any atom is -0.493 e. The summed E-state index contributed by atoms with van der Waals surface area (Å²) >= 11 is 0. The molecule has 2 atom stereocenters. The van der Waals surface area contributed by atoms with Crippen molar-refractivity contribution in [2.75, 3.05) is 38.7 Å². The number of nitrogens with one attached hydrogen (secondary N) is 2. The molecule has 2 fully saturated rings. The maximum Gasteiger partial charge on any atom is 0.321 e. The Morgan fingerprint density at radius 3 is 2.71 bits per heavy atom. The molecule has 0 spiro atoms. The van der Waals surface area contributed by atoms with Gasteiger partial charge in [-0.15, -0.1) is 0 Å². The van der Waals surface area contributed by atoms with E-state index in [1.807, 2.05) is 48.5 Å². The molecule has 2 aromatic rings. The van der Waals surface area contributed by atoms with Gasteiger partial charge in [0.2, 0.25) is 5.91 Å². The monoisotopic (exact) mass is 467 g/mol. The van der Waals surface area contributed by atoms with Crippen molar-refractivity contribution in [2.45, 2.75) is 38.3 Å². The van der Waals surface area contributed by atoms with Gasteiger partial charge < -0.3 is 29.7 Å². The molecule has 0 aromatic heterocycles. The molecule has 2 aliphatic rings. The van der Waals surface area contributed by atoms with Crippen LogP contribution in [0.4, 0.5) is 10.5 Å². The first-order valence-corrected chi connectivity index (χ1v) is 11.9. The molecule has 34 heavy (non-hydrogen) atoms. The third kappa shape index (κ3) is 6.41. The molecule has 2 aromatic carbocycles. The number of amides is 3. The van der Waals surface area contributed by atoms with Crippen molar-refractivity contribution in [1.82, 2.24) is 10.2 Å². The second-order valence-electron chi connectivity index (χ2n) is 8.73. The van der Waals surface area contributed by atoms with Gasteiger partial charge in [0.25, 0.3) is 0 Å². The molecule has 182 valence electrons. The van der Waals surface area contributed by atoms with Gasteiger partial charge in [-0.25, -0.2) is 4.79 Å². The number of piperidine rings is 1. The van der Waals surface area contributed by atoms with E-state index in [-0.39, 0.29) is 24.0 Å². The number of ether oxygens (including phenoxy) is 3. The van der Waals surface area contributed by atoms with Crippen molar-refractivity contribution < 1.29 is 23.8 Å². The lowest BCUT2D eigenvalue weighted by Crippen LogP contribution is -2.46. The SMILES string of the molecule is COc1cc(CNC(=O)C2CCCN(C(=O)Nc3ccccc3)C2)ccc1OCC1CCCO1. The number of benzene rings is 2. The number of hydrogen-bond acceptors (Lipinski definition) is 5. The first kappa shape index (κ1) is 23.9. The maximum atomic E-state index is 12.8. The normalized spacial score (nSPS) is 20.0. The fraction of sp³-hybridized carbons (Fsp3) is 0.462. The molecule has 2 saturated heterocycles. The smallest absolute Gasteiger partial charge is 0.321 e. The van der Waals surface area contributed by atoms with Crippen LogP contribution in [0.15, 0.2) is 48.5 Å². The number of carbonyl (C=O) groups is 2. The standard InChI is InChI=1S/C26H33N3O5/c1-32-24-15-19(11-12-23(24)34-18-22-10-6-14-33-22)16-27-25(30)20-7-5-13-29(17-20)26(31)28-21-8-3-2-4-9-21/h2-4,8-9,11-12,15,20,22H,5-7,10,13-14,16-18H2,1H3,(H,27,30)(H,28,31). The molecule has 2 aliphatic heterocycles. The Morgan fingerprint density at radius 1 is 1.09 bits per heavy atom. The minimum atomic E-state index is -0.230. The van der Waals surface area contributed by atoms with Gasteiger partial charge in [-0.05, 0) is 55.5 Å². The number of nitrogens with zero attached hydrogens (tertiary/aromatic N) is 1. The van der Waals surface area contributed by atoms with Crippen LogP contribution in [-0.2, 0) is 16.1 Å². The predicted molar refractivity (Wildman–Crippen MR) is 129 cm³/mol. The largest absolute Gasteiger partial charge is 0.493 e. The maximum absolute atomic E-state index is 12.8. The summed E-state index contributed by atoms with van der Waals surface area (Å²) in [4.78, 5) is 27.1. The quantitative estimate of drug-likeness (QED) is 0.616. The van der Waals surface area contributed by atoms with E-state index in [1.165, 1.54) is 0 Å². The van der Waals surface area contributed by atoms with Gasteiger partial charge in [0.15, 0.2) is 11.5 Å². The summed E-state index contributed by atoms with van der Waals surface area (Å²) < 4.78 is 17.0. The summed E-state index contributed by atoms with van der Waals surface area (Å²) in [6, 6.07) is 14.8. The van der Waals surface area contributed by atoms with Crippen molar-refractivity contribution in [2.24, 2.45) is 5.92 Å². The number of urea groups is 1. The van der Waals surface area contributed by atoms with Crippen LogP contribution < -0.4 is 20.1 Å². The topological polar surface area (TPSA) is 89.1 Å². The Kier molecular flexibility index (Phi) is 8.25. The van der Waals surface area contributed by atoms with Crippen LogP contribution in [0.2, 0.25) is 0 Å². The van der Waals surface area contributed by atoms with E-state index in [0.29, 0.717) is 37.7 Å². The van der Waals surface area contributed by atoms with E-state index in [4.69, 9.17) is 14.2 Å². The molecule has 8 nitrogen and oxygen atoms in total. The van der Waals surface area contributed by atoms with Gasteiger partial charge in [-0.1, -0.05) is 24.3 Å². The number of carbonyl (C=O) groups excluding carboxylic acids is 2. The van der Waals surface area contributed by atoms with Gasteiger partial charge in [-0.2, -0.15) is 0 Å². The van der Waals surface area contributed by atoms with Crippen molar-refractivity contribution in [3.63, 3.8) is 0 Å². The van der Waals surface area contributed by atoms with Crippen molar-refractivity contribution in [3.8, 4) is 11.5 Å². The van der Waals surface area contributed by atoms with E-state index in [0.717, 1.165) is 43.5 Å². The summed E-state index contributed by atoms with van der Waals surface area (Å²) in [7, 11) is 1.60. The molecule has 3 amide bonds. The molecular formula is C26H33N3O5. The van der Waals surface area contributed by atoms with E-state index in [2.05, 4.69) is 10.6 Å². The molecule has 0 bridgehead atoms. The summed E-state index contributed by atoms with van der Waals surface area (Å²) in [6.45, 7) is 2.73. The Hall–Kier alpha value is -3.26. The van der Waals surface area contributed by atoms with Gasteiger partial charge >= 0.3 is 6.03 Å². The highest BCUT2D eigenvalue weighted by Gasteiger charge is 2.28. The zero-order valence-corrected chi connectivity index (χ0v) is 19.6. The van der Waals surface area contributed by atoms with Gasteiger partial charge in [-0.3, -0.25) is 4.79 Å². The third-order valence-corrected chi connectivity index (χ3v) is 6.25. The molecule has 0 saturated carbocycles. The molecule has 2 heterocycles. The Morgan fingerprint density at radius 2 is 1.94 bits per heavy atom. The number of hydrogen-bond donors (Lipinski definition) is 2. The predicted octanol–water partition coefficient (Wildman–Crippen LogP) is 3.81. The summed E-state index contributed by atoms with van der Waals surface area (Å²) in [5.74, 6) is 1.02.